The third-order valence-corrected chi connectivity index (χ3v) is 2.20. The first-order valence-corrected chi connectivity index (χ1v) is 4.79. The van der Waals surface area contributed by atoms with Gasteiger partial charge < -0.3 is 4.74 Å². The van der Waals surface area contributed by atoms with Gasteiger partial charge in [0.1, 0.15) is 5.75 Å². The molecule has 0 fully saturated rings. The highest BCUT2D eigenvalue weighted by molar-refractivity contribution is 7.80. The molecule has 0 aliphatic rings. The van der Waals surface area contributed by atoms with Crippen LogP contribution in [0.5, 0.6) is 5.75 Å². The van der Waals surface area contributed by atoms with Gasteiger partial charge >= 0.3 is 0 Å². The average Bonchev–Trinajstić information content (AvgIpc) is 2.13. The van der Waals surface area contributed by atoms with E-state index in [4.69, 9.17) is 16.3 Å². The summed E-state index contributed by atoms with van der Waals surface area (Å²) in [7, 11) is 0. The van der Waals surface area contributed by atoms with Gasteiger partial charge in [0.15, 0.2) is 5.82 Å². The second kappa shape index (κ2) is 4.72. The van der Waals surface area contributed by atoms with Crippen LogP contribution in [0.25, 0.3) is 0 Å². The first kappa shape index (κ1) is 10.7. The van der Waals surface area contributed by atoms with E-state index < -0.39 is 5.82 Å². The van der Waals surface area contributed by atoms with Gasteiger partial charge in [-0.05, 0) is 18.6 Å². The molecule has 4 heteroatoms. The van der Waals surface area contributed by atoms with E-state index in [9.17, 15) is 4.39 Å². The van der Waals surface area contributed by atoms with Crippen LogP contribution in [0.3, 0.4) is 0 Å². The second-order valence-corrected chi connectivity index (χ2v) is 3.41. The lowest BCUT2D eigenvalue weighted by Crippen LogP contribution is -1.97. The molecule has 0 saturated carbocycles. The van der Waals surface area contributed by atoms with Crippen LogP contribution in [0.15, 0.2) is 17.0 Å². The summed E-state index contributed by atoms with van der Waals surface area (Å²) in [6.45, 7) is 2.53. The molecule has 0 spiro atoms. The van der Waals surface area contributed by atoms with Crippen LogP contribution in [0.1, 0.15) is 13.3 Å². The maximum atomic E-state index is 13.1. The van der Waals surface area contributed by atoms with Gasteiger partial charge in [-0.15, -0.1) is 12.6 Å². The fourth-order valence-electron chi connectivity index (χ4n) is 0.851. The van der Waals surface area contributed by atoms with Crippen LogP contribution >= 0.6 is 24.2 Å². The summed E-state index contributed by atoms with van der Waals surface area (Å²) in [5, 5.41) is 0.0637. The molecule has 0 atom stereocenters. The highest BCUT2D eigenvalue weighted by Gasteiger charge is 2.09. The molecule has 1 rings (SSSR count). The van der Waals surface area contributed by atoms with Crippen molar-refractivity contribution in [2.24, 2.45) is 0 Å². The monoisotopic (exact) mass is 220 g/mol. The molecule has 0 N–H and O–H groups in total. The van der Waals surface area contributed by atoms with E-state index in [1.165, 1.54) is 6.07 Å². The normalized spacial score (nSPS) is 10.2. The van der Waals surface area contributed by atoms with E-state index in [-0.39, 0.29) is 9.92 Å². The van der Waals surface area contributed by atoms with Crippen molar-refractivity contribution in [1.82, 2.24) is 0 Å². The van der Waals surface area contributed by atoms with Gasteiger partial charge in [0.25, 0.3) is 0 Å². The SMILES string of the molecule is CCCOc1ccc(Cl)c(F)c1S. The molecular formula is C9H10ClFOS. The molecule has 0 amide bonds. The van der Waals surface area contributed by atoms with Crippen LogP contribution in [0.2, 0.25) is 5.02 Å². The molecular weight excluding hydrogens is 211 g/mol. The third kappa shape index (κ3) is 2.51. The highest BCUT2D eigenvalue weighted by Crippen LogP contribution is 2.30. The topological polar surface area (TPSA) is 9.23 Å². The molecule has 72 valence electrons. The minimum absolute atomic E-state index is 0.0637. The van der Waals surface area contributed by atoms with Crippen LogP contribution in [0.4, 0.5) is 4.39 Å². The zero-order valence-electron chi connectivity index (χ0n) is 7.18. The minimum atomic E-state index is -0.529. The van der Waals surface area contributed by atoms with E-state index in [1.807, 2.05) is 6.92 Å². The van der Waals surface area contributed by atoms with Crippen molar-refractivity contribution in [2.45, 2.75) is 18.2 Å². The number of ether oxygens (including phenoxy) is 1. The fraction of sp³-hybridized carbons (Fsp3) is 0.333. The lowest BCUT2D eigenvalue weighted by Gasteiger charge is -2.08. The van der Waals surface area contributed by atoms with Gasteiger partial charge in [-0.1, -0.05) is 18.5 Å². The molecule has 13 heavy (non-hydrogen) atoms. The summed E-state index contributed by atoms with van der Waals surface area (Å²) in [4.78, 5) is 0.168. The van der Waals surface area contributed by atoms with Gasteiger partial charge in [-0.2, -0.15) is 0 Å². The number of halogens is 2. The van der Waals surface area contributed by atoms with E-state index in [0.29, 0.717) is 12.4 Å². The number of rotatable bonds is 3. The van der Waals surface area contributed by atoms with Gasteiger partial charge in [-0.25, -0.2) is 4.39 Å². The first-order valence-electron chi connectivity index (χ1n) is 3.96. The third-order valence-electron chi connectivity index (χ3n) is 1.49. The number of thiol groups is 1. The van der Waals surface area contributed by atoms with Gasteiger partial charge in [0.05, 0.1) is 16.5 Å². The summed E-state index contributed by atoms with van der Waals surface area (Å²) in [6, 6.07) is 3.07. The quantitative estimate of drug-likeness (QED) is 0.767. The Hall–Kier alpha value is -0.410. The highest BCUT2D eigenvalue weighted by atomic mass is 35.5. The second-order valence-electron chi connectivity index (χ2n) is 2.56. The maximum Gasteiger partial charge on any atom is 0.158 e. The predicted octanol–water partition coefficient (Wildman–Crippen LogP) is 3.56. The largest absolute Gasteiger partial charge is 0.492 e. The van der Waals surface area contributed by atoms with E-state index >= 15 is 0 Å². The van der Waals surface area contributed by atoms with E-state index in [1.54, 1.807) is 6.07 Å². The summed E-state index contributed by atoms with van der Waals surface area (Å²) in [6.07, 6.45) is 0.872. The standard InChI is InChI=1S/C9H10ClFOS/c1-2-5-12-7-4-3-6(10)8(11)9(7)13/h3-4,13H,2,5H2,1H3. The molecule has 1 aromatic rings. The Morgan fingerprint density at radius 2 is 2.23 bits per heavy atom. The van der Waals surface area contributed by atoms with Crippen LogP contribution in [0, 0.1) is 5.82 Å². The zero-order chi connectivity index (χ0) is 9.84. The van der Waals surface area contributed by atoms with Crippen molar-refractivity contribution in [3.63, 3.8) is 0 Å². The van der Waals surface area contributed by atoms with E-state index in [0.717, 1.165) is 6.42 Å². The molecule has 1 aromatic carbocycles. The lowest BCUT2D eigenvalue weighted by molar-refractivity contribution is 0.307. The number of hydrogen-bond donors (Lipinski definition) is 1. The Bertz CT molecular complexity index is 304. The summed E-state index contributed by atoms with van der Waals surface area (Å²) >= 11 is 9.51. The van der Waals surface area contributed by atoms with Crippen molar-refractivity contribution >= 4 is 24.2 Å². The van der Waals surface area contributed by atoms with Crippen molar-refractivity contribution in [2.75, 3.05) is 6.61 Å². The van der Waals surface area contributed by atoms with Crippen LogP contribution < -0.4 is 4.74 Å². The molecule has 1 nitrogen and oxygen atoms in total. The van der Waals surface area contributed by atoms with Crippen molar-refractivity contribution in [1.29, 1.82) is 0 Å². The van der Waals surface area contributed by atoms with Crippen LogP contribution in [-0.4, -0.2) is 6.61 Å². The predicted molar refractivity (Wildman–Crippen MR) is 54.4 cm³/mol. The Kier molecular flexibility index (Phi) is 3.88. The molecule has 0 unspecified atom stereocenters. The molecule has 0 aliphatic carbocycles. The maximum absolute atomic E-state index is 13.1. The Morgan fingerprint density at radius 3 is 2.85 bits per heavy atom. The van der Waals surface area contributed by atoms with Crippen molar-refractivity contribution in [3.05, 3.63) is 23.0 Å². The molecule has 0 heterocycles. The number of hydrogen-bond acceptors (Lipinski definition) is 2. The fourth-order valence-corrected chi connectivity index (χ4v) is 1.33. The molecule has 0 radical (unpaired) electrons. The Morgan fingerprint density at radius 1 is 1.54 bits per heavy atom. The van der Waals surface area contributed by atoms with Crippen molar-refractivity contribution in [3.8, 4) is 5.75 Å². The Labute approximate surface area is 87.3 Å². The number of benzene rings is 1. The molecule has 0 aliphatic heterocycles. The molecule has 0 aromatic heterocycles. The van der Waals surface area contributed by atoms with E-state index in [2.05, 4.69) is 12.6 Å². The first-order chi connectivity index (χ1) is 6.16. The minimum Gasteiger partial charge on any atom is -0.492 e. The summed E-state index contributed by atoms with van der Waals surface area (Å²) in [5.74, 6) is -0.0920. The van der Waals surface area contributed by atoms with Crippen molar-refractivity contribution < 1.29 is 9.13 Å². The molecule has 0 bridgehead atoms. The van der Waals surface area contributed by atoms with Gasteiger partial charge in [0, 0.05) is 0 Å². The lowest BCUT2D eigenvalue weighted by atomic mass is 10.3. The zero-order valence-corrected chi connectivity index (χ0v) is 8.83. The average molecular weight is 221 g/mol. The summed E-state index contributed by atoms with van der Waals surface area (Å²) in [5.41, 5.74) is 0. The summed E-state index contributed by atoms with van der Waals surface area (Å²) < 4.78 is 18.4. The van der Waals surface area contributed by atoms with Gasteiger partial charge in [0.2, 0.25) is 0 Å². The van der Waals surface area contributed by atoms with Crippen LogP contribution in [-0.2, 0) is 0 Å². The smallest absolute Gasteiger partial charge is 0.158 e. The van der Waals surface area contributed by atoms with Gasteiger partial charge in [-0.3, -0.25) is 0 Å². The Balaban J connectivity index is 2.90. The molecule has 0 saturated heterocycles.